The molecule has 0 fully saturated rings. The fourth-order valence-electron chi connectivity index (χ4n) is 0.666. The van der Waals surface area contributed by atoms with Gasteiger partial charge < -0.3 is 14.4 Å². The Morgan fingerprint density at radius 3 is 2.46 bits per heavy atom. The second-order valence-corrected chi connectivity index (χ2v) is 2.99. The first kappa shape index (κ1) is 12.4. The summed E-state index contributed by atoms with van der Waals surface area (Å²) in [5.74, 6) is -0.170. The van der Waals surface area contributed by atoms with Gasteiger partial charge in [0.1, 0.15) is 6.61 Å². The molecule has 0 bridgehead atoms. The lowest BCUT2D eigenvalue weighted by atomic mass is 10.5. The summed E-state index contributed by atoms with van der Waals surface area (Å²) in [6.07, 6.45) is 0.428. The average molecular weight is 189 g/mol. The van der Waals surface area contributed by atoms with Crippen molar-refractivity contribution in [1.82, 2.24) is 4.90 Å². The molecule has 0 aromatic carbocycles. The van der Waals surface area contributed by atoms with Gasteiger partial charge >= 0.3 is 5.97 Å². The van der Waals surface area contributed by atoms with Crippen molar-refractivity contribution in [1.29, 1.82) is 0 Å². The number of ether oxygens (including phenoxy) is 2. The summed E-state index contributed by atoms with van der Waals surface area (Å²) in [5, 5.41) is 0. The fourth-order valence-corrected chi connectivity index (χ4v) is 0.666. The molecular weight excluding hydrogens is 170 g/mol. The van der Waals surface area contributed by atoms with E-state index in [2.05, 4.69) is 0 Å². The van der Waals surface area contributed by atoms with Crippen LogP contribution in [0.15, 0.2) is 0 Å². The third kappa shape index (κ3) is 9.30. The van der Waals surface area contributed by atoms with E-state index in [1.165, 1.54) is 0 Å². The summed E-state index contributed by atoms with van der Waals surface area (Å²) in [7, 11) is 3.97. The zero-order valence-electron chi connectivity index (χ0n) is 8.71. The third-order valence-electron chi connectivity index (χ3n) is 1.46. The van der Waals surface area contributed by atoms with E-state index < -0.39 is 0 Å². The monoisotopic (exact) mass is 189 g/mol. The smallest absolute Gasteiger partial charge is 0.305 e. The Hall–Kier alpha value is -0.610. The van der Waals surface area contributed by atoms with Gasteiger partial charge in [0.25, 0.3) is 0 Å². The molecule has 4 heteroatoms. The lowest BCUT2D eigenvalue weighted by molar-refractivity contribution is -0.144. The van der Waals surface area contributed by atoms with E-state index in [0.717, 1.165) is 6.54 Å². The molecule has 0 saturated carbocycles. The Bertz CT molecular complexity index is 137. The molecule has 0 unspecified atom stereocenters. The molecule has 78 valence electrons. The van der Waals surface area contributed by atoms with E-state index in [1.807, 2.05) is 19.0 Å². The normalized spacial score (nSPS) is 10.5. The van der Waals surface area contributed by atoms with Gasteiger partial charge in [-0.2, -0.15) is 0 Å². The number of esters is 1. The molecule has 0 atom stereocenters. The minimum atomic E-state index is -0.170. The standard InChI is InChI=1S/C9H19NO3/c1-4-9(11)13-8-7-12-6-5-10(2)3/h4-8H2,1-3H3. The quantitative estimate of drug-likeness (QED) is 0.432. The second-order valence-electron chi connectivity index (χ2n) is 2.99. The summed E-state index contributed by atoms with van der Waals surface area (Å²) in [4.78, 5) is 12.7. The maximum absolute atomic E-state index is 10.7. The summed E-state index contributed by atoms with van der Waals surface area (Å²) < 4.78 is 10.0. The first-order chi connectivity index (χ1) is 6.16. The van der Waals surface area contributed by atoms with Gasteiger partial charge in [0.15, 0.2) is 0 Å². The summed E-state index contributed by atoms with van der Waals surface area (Å²) in [6, 6.07) is 0. The zero-order valence-corrected chi connectivity index (χ0v) is 8.71. The summed E-state index contributed by atoms with van der Waals surface area (Å²) >= 11 is 0. The van der Waals surface area contributed by atoms with E-state index in [9.17, 15) is 4.79 Å². The van der Waals surface area contributed by atoms with Crippen LogP contribution in [0.4, 0.5) is 0 Å². The van der Waals surface area contributed by atoms with Gasteiger partial charge in [-0.05, 0) is 14.1 Å². The molecule has 0 rings (SSSR count). The largest absolute Gasteiger partial charge is 0.463 e. The van der Waals surface area contributed by atoms with Crippen LogP contribution in [0.2, 0.25) is 0 Å². The highest BCUT2D eigenvalue weighted by molar-refractivity contribution is 5.68. The van der Waals surface area contributed by atoms with Crippen molar-refractivity contribution in [2.24, 2.45) is 0 Å². The molecule has 0 aromatic rings. The van der Waals surface area contributed by atoms with Crippen LogP contribution in [0.5, 0.6) is 0 Å². The molecule has 0 aliphatic rings. The molecule has 0 aliphatic heterocycles. The first-order valence-corrected chi connectivity index (χ1v) is 4.55. The third-order valence-corrected chi connectivity index (χ3v) is 1.46. The fraction of sp³-hybridized carbons (Fsp3) is 0.889. The van der Waals surface area contributed by atoms with Crippen molar-refractivity contribution in [2.45, 2.75) is 13.3 Å². The first-order valence-electron chi connectivity index (χ1n) is 4.55. The SMILES string of the molecule is CCC(=O)OCCOCCN(C)C. The van der Waals surface area contributed by atoms with Crippen LogP contribution in [-0.2, 0) is 14.3 Å². The Kier molecular flexibility index (Phi) is 7.63. The maximum Gasteiger partial charge on any atom is 0.305 e. The number of hydrogen-bond donors (Lipinski definition) is 0. The highest BCUT2D eigenvalue weighted by Crippen LogP contribution is 1.85. The van der Waals surface area contributed by atoms with Gasteiger partial charge in [-0.25, -0.2) is 0 Å². The number of rotatable bonds is 7. The Balaban J connectivity index is 3.04. The van der Waals surface area contributed by atoms with Gasteiger partial charge in [-0.1, -0.05) is 6.92 Å². The molecule has 0 saturated heterocycles. The van der Waals surface area contributed by atoms with Crippen LogP contribution >= 0.6 is 0 Å². The Morgan fingerprint density at radius 2 is 1.92 bits per heavy atom. The number of likely N-dealkylation sites (N-methyl/N-ethyl adjacent to an activating group) is 1. The van der Waals surface area contributed by atoms with Gasteiger partial charge in [0.05, 0.1) is 13.2 Å². The molecule has 0 N–H and O–H groups in total. The van der Waals surface area contributed by atoms with Crippen molar-refractivity contribution in [3.63, 3.8) is 0 Å². The van der Waals surface area contributed by atoms with E-state index >= 15 is 0 Å². The minimum absolute atomic E-state index is 0.170. The zero-order chi connectivity index (χ0) is 10.1. The van der Waals surface area contributed by atoms with Crippen LogP contribution in [0, 0.1) is 0 Å². The van der Waals surface area contributed by atoms with E-state index in [4.69, 9.17) is 9.47 Å². The topological polar surface area (TPSA) is 38.8 Å². The molecule has 0 heterocycles. The van der Waals surface area contributed by atoms with Crippen molar-refractivity contribution in [3.05, 3.63) is 0 Å². The highest BCUT2D eigenvalue weighted by Gasteiger charge is 1.97. The second kappa shape index (κ2) is 8.01. The molecular formula is C9H19NO3. The maximum atomic E-state index is 10.7. The van der Waals surface area contributed by atoms with Crippen LogP contribution in [0.3, 0.4) is 0 Å². The van der Waals surface area contributed by atoms with Crippen LogP contribution in [0.1, 0.15) is 13.3 Å². The number of hydrogen-bond acceptors (Lipinski definition) is 4. The number of carbonyl (C=O) groups excluding carboxylic acids is 1. The predicted octanol–water partition coefficient (Wildman–Crippen LogP) is 0.518. The van der Waals surface area contributed by atoms with E-state index in [-0.39, 0.29) is 5.97 Å². The van der Waals surface area contributed by atoms with Crippen molar-refractivity contribution in [2.75, 3.05) is 40.5 Å². The van der Waals surface area contributed by atoms with Gasteiger partial charge in [-0.15, -0.1) is 0 Å². The molecule has 13 heavy (non-hydrogen) atoms. The Morgan fingerprint density at radius 1 is 1.23 bits per heavy atom. The molecule has 0 radical (unpaired) electrons. The lowest BCUT2D eigenvalue weighted by Gasteiger charge is -2.09. The highest BCUT2D eigenvalue weighted by atomic mass is 16.6. The number of nitrogens with zero attached hydrogens (tertiary/aromatic N) is 1. The van der Waals surface area contributed by atoms with Gasteiger partial charge in [-0.3, -0.25) is 4.79 Å². The van der Waals surface area contributed by atoms with Crippen molar-refractivity contribution >= 4 is 5.97 Å². The van der Waals surface area contributed by atoms with Gasteiger partial charge in [0, 0.05) is 13.0 Å². The Labute approximate surface area is 79.8 Å². The van der Waals surface area contributed by atoms with Crippen LogP contribution in [0.25, 0.3) is 0 Å². The van der Waals surface area contributed by atoms with Crippen molar-refractivity contribution in [3.8, 4) is 0 Å². The predicted molar refractivity (Wildman–Crippen MR) is 50.6 cm³/mol. The molecule has 0 amide bonds. The van der Waals surface area contributed by atoms with Crippen molar-refractivity contribution < 1.29 is 14.3 Å². The lowest BCUT2D eigenvalue weighted by Crippen LogP contribution is -2.19. The van der Waals surface area contributed by atoms with Crippen LogP contribution < -0.4 is 0 Å². The van der Waals surface area contributed by atoms with E-state index in [1.54, 1.807) is 6.92 Å². The minimum Gasteiger partial charge on any atom is -0.463 e. The van der Waals surface area contributed by atoms with E-state index in [0.29, 0.717) is 26.2 Å². The van der Waals surface area contributed by atoms with Gasteiger partial charge in [0.2, 0.25) is 0 Å². The summed E-state index contributed by atoms with van der Waals surface area (Å²) in [6.45, 7) is 4.19. The average Bonchev–Trinajstić information content (AvgIpc) is 2.10. The number of carbonyl (C=O) groups is 1. The van der Waals surface area contributed by atoms with Crippen LogP contribution in [-0.4, -0.2) is 51.3 Å². The summed E-state index contributed by atoms with van der Waals surface area (Å²) in [5.41, 5.74) is 0. The molecule has 0 spiro atoms. The molecule has 0 aromatic heterocycles. The molecule has 0 aliphatic carbocycles. The molecule has 4 nitrogen and oxygen atoms in total.